The van der Waals surface area contributed by atoms with Crippen molar-refractivity contribution in [3.8, 4) is 11.3 Å². The van der Waals surface area contributed by atoms with Crippen LogP contribution < -0.4 is 10.6 Å². The molecule has 1 aliphatic carbocycles. The zero-order valence-corrected chi connectivity index (χ0v) is 13.6. The van der Waals surface area contributed by atoms with Gasteiger partial charge in [-0.1, -0.05) is 12.8 Å². The van der Waals surface area contributed by atoms with Crippen molar-refractivity contribution < 1.29 is 9.90 Å². The lowest BCUT2D eigenvalue weighted by molar-refractivity contribution is 0.156. The topological polar surface area (TPSA) is 87.1 Å². The predicted octanol–water partition coefficient (Wildman–Crippen LogP) is 2.88. The first-order valence-electron chi connectivity index (χ1n) is 7.80. The third kappa shape index (κ3) is 4.05. The first-order chi connectivity index (χ1) is 11.3. The number of thiazole rings is 1. The van der Waals surface area contributed by atoms with E-state index in [1.54, 1.807) is 12.4 Å². The Bertz CT molecular complexity index is 647. The summed E-state index contributed by atoms with van der Waals surface area (Å²) < 4.78 is 0. The van der Waals surface area contributed by atoms with E-state index in [0.717, 1.165) is 36.9 Å². The van der Waals surface area contributed by atoms with E-state index in [-0.39, 0.29) is 24.6 Å². The number of anilines is 1. The molecular weight excluding hydrogens is 312 g/mol. The number of nitrogens with one attached hydrogen (secondary N) is 2. The Labute approximate surface area is 139 Å². The Morgan fingerprint density at radius 1 is 1.39 bits per heavy atom. The molecule has 2 amide bonds. The summed E-state index contributed by atoms with van der Waals surface area (Å²) in [5.74, 6) is 0.150. The molecule has 0 bridgehead atoms. The van der Waals surface area contributed by atoms with Crippen molar-refractivity contribution in [1.29, 1.82) is 0 Å². The summed E-state index contributed by atoms with van der Waals surface area (Å²) in [6, 6.07) is 3.56. The Kier molecular flexibility index (Phi) is 5.19. The second-order valence-corrected chi connectivity index (χ2v) is 6.57. The normalized spacial score (nSPS) is 20.9. The lowest BCUT2D eigenvalue weighted by Gasteiger charge is -2.30. The zero-order chi connectivity index (χ0) is 16.1. The highest BCUT2D eigenvalue weighted by Crippen LogP contribution is 2.25. The number of aromatic nitrogens is 2. The minimum Gasteiger partial charge on any atom is -0.396 e. The monoisotopic (exact) mass is 332 g/mol. The minimum absolute atomic E-state index is 0.0338. The number of rotatable bonds is 4. The molecular formula is C16H20N4O2S. The van der Waals surface area contributed by atoms with Crippen molar-refractivity contribution in [2.45, 2.75) is 31.7 Å². The first-order valence-corrected chi connectivity index (χ1v) is 8.68. The molecule has 3 rings (SSSR count). The van der Waals surface area contributed by atoms with Crippen LogP contribution in [0.4, 0.5) is 9.93 Å². The molecule has 0 spiro atoms. The Balaban J connectivity index is 1.59. The number of aliphatic hydroxyl groups excluding tert-OH is 1. The van der Waals surface area contributed by atoms with E-state index in [1.807, 2.05) is 17.5 Å². The summed E-state index contributed by atoms with van der Waals surface area (Å²) in [6.07, 6.45) is 7.54. The molecule has 2 heterocycles. The second kappa shape index (κ2) is 7.52. The number of aliphatic hydroxyl groups is 1. The third-order valence-corrected chi connectivity index (χ3v) is 4.90. The highest BCUT2D eigenvalue weighted by Gasteiger charge is 2.26. The first kappa shape index (κ1) is 15.9. The highest BCUT2D eigenvalue weighted by atomic mass is 32.1. The molecule has 122 valence electrons. The predicted molar refractivity (Wildman–Crippen MR) is 90.3 cm³/mol. The van der Waals surface area contributed by atoms with Crippen LogP contribution in [0.1, 0.15) is 25.7 Å². The molecule has 2 atom stereocenters. The quantitative estimate of drug-likeness (QED) is 0.803. The number of amides is 2. The molecule has 0 unspecified atom stereocenters. The van der Waals surface area contributed by atoms with Gasteiger partial charge in [0.1, 0.15) is 0 Å². The number of carbonyl (C=O) groups excluding carboxylic acids is 1. The molecule has 6 nitrogen and oxygen atoms in total. The maximum Gasteiger partial charge on any atom is 0.321 e. The fourth-order valence-corrected chi connectivity index (χ4v) is 3.61. The van der Waals surface area contributed by atoms with Gasteiger partial charge in [0.15, 0.2) is 5.13 Å². The summed E-state index contributed by atoms with van der Waals surface area (Å²) in [4.78, 5) is 20.6. The number of hydrogen-bond donors (Lipinski definition) is 3. The molecule has 0 aliphatic heterocycles. The van der Waals surface area contributed by atoms with Crippen molar-refractivity contribution in [2.75, 3.05) is 11.9 Å². The van der Waals surface area contributed by atoms with Crippen molar-refractivity contribution in [3.05, 3.63) is 29.9 Å². The molecule has 23 heavy (non-hydrogen) atoms. The molecule has 7 heteroatoms. The van der Waals surface area contributed by atoms with E-state index >= 15 is 0 Å². The average Bonchev–Trinajstić information content (AvgIpc) is 3.04. The molecule has 0 radical (unpaired) electrons. The molecule has 0 aromatic carbocycles. The maximum atomic E-state index is 12.1. The van der Waals surface area contributed by atoms with Crippen LogP contribution in [-0.4, -0.2) is 33.8 Å². The lowest BCUT2D eigenvalue weighted by atomic mass is 9.85. The van der Waals surface area contributed by atoms with Gasteiger partial charge in [0.25, 0.3) is 0 Å². The zero-order valence-electron chi connectivity index (χ0n) is 12.7. The van der Waals surface area contributed by atoms with E-state index in [9.17, 15) is 9.90 Å². The van der Waals surface area contributed by atoms with E-state index in [4.69, 9.17) is 0 Å². The Hall–Kier alpha value is -1.99. The van der Waals surface area contributed by atoms with Gasteiger partial charge in [-0.3, -0.25) is 10.3 Å². The number of urea groups is 1. The van der Waals surface area contributed by atoms with Crippen LogP contribution in [0.15, 0.2) is 29.9 Å². The van der Waals surface area contributed by atoms with Gasteiger partial charge in [-0.05, 0) is 25.0 Å². The van der Waals surface area contributed by atoms with Crippen molar-refractivity contribution >= 4 is 22.5 Å². The van der Waals surface area contributed by atoms with E-state index in [0.29, 0.717) is 5.13 Å². The molecule has 2 aromatic heterocycles. The Morgan fingerprint density at radius 2 is 2.26 bits per heavy atom. The third-order valence-electron chi connectivity index (χ3n) is 4.14. The Morgan fingerprint density at radius 3 is 3.04 bits per heavy atom. The summed E-state index contributed by atoms with van der Waals surface area (Å²) in [5, 5.41) is 17.6. The fourth-order valence-electron chi connectivity index (χ4n) is 2.90. The second-order valence-electron chi connectivity index (χ2n) is 5.71. The van der Waals surface area contributed by atoms with Gasteiger partial charge in [-0.2, -0.15) is 0 Å². The van der Waals surface area contributed by atoms with Crippen LogP contribution in [0, 0.1) is 5.92 Å². The van der Waals surface area contributed by atoms with Crippen LogP contribution >= 0.6 is 11.3 Å². The van der Waals surface area contributed by atoms with Crippen LogP contribution in [0.5, 0.6) is 0 Å². The summed E-state index contributed by atoms with van der Waals surface area (Å²) in [7, 11) is 0. The molecule has 0 saturated heterocycles. The van der Waals surface area contributed by atoms with Gasteiger partial charge in [-0.25, -0.2) is 9.78 Å². The lowest BCUT2D eigenvalue weighted by Crippen LogP contribution is -2.45. The van der Waals surface area contributed by atoms with Crippen LogP contribution in [-0.2, 0) is 0 Å². The van der Waals surface area contributed by atoms with Gasteiger partial charge >= 0.3 is 6.03 Å². The van der Waals surface area contributed by atoms with E-state index in [1.165, 1.54) is 11.3 Å². The van der Waals surface area contributed by atoms with Crippen LogP contribution in [0.3, 0.4) is 0 Å². The summed E-state index contributed by atoms with van der Waals surface area (Å²) in [6.45, 7) is 0.118. The number of hydrogen-bond acceptors (Lipinski definition) is 5. The molecule has 2 aromatic rings. The number of nitrogens with zero attached hydrogens (tertiary/aromatic N) is 2. The summed E-state index contributed by atoms with van der Waals surface area (Å²) >= 11 is 1.38. The smallest absolute Gasteiger partial charge is 0.321 e. The largest absolute Gasteiger partial charge is 0.396 e. The van der Waals surface area contributed by atoms with Gasteiger partial charge in [0.05, 0.1) is 5.69 Å². The molecule has 1 aliphatic rings. The number of pyridine rings is 1. The maximum absolute atomic E-state index is 12.1. The van der Waals surface area contributed by atoms with Gasteiger partial charge in [-0.15, -0.1) is 11.3 Å². The van der Waals surface area contributed by atoms with Gasteiger partial charge < -0.3 is 10.4 Å². The summed E-state index contributed by atoms with van der Waals surface area (Å²) in [5.41, 5.74) is 1.72. The standard InChI is InChI=1S/C16H20N4O2S/c21-9-12-4-1-2-6-13(12)18-15(22)20-16-19-14(10-23-16)11-5-3-7-17-8-11/h3,5,7-8,10,12-13,21H,1-2,4,6,9H2,(H2,18,19,20,22)/t12-,13+/m1/s1. The minimum atomic E-state index is -0.262. The van der Waals surface area contributed by atoms with Crippen LogP contribution in [0.2, 0.25) is 0 Å². The molecule has 1 saturated carbocycles. The highest BCUT2D eigenvalue weighted by molar-refractivity contribution is 7.14. The van der Waals surface area contributed by atoms with Gasteiger partial charge in [0.2, 0.25) is 0 Å². The van der Waals surface area contributed by atoms with E-state index < -0.39 is 0 Å². The number of carbonyl (C=O) groups is 1. The van der Waals surface area contributed by atoms with Crippen LogP contribution in [0.25, 0.3) is 11.3 Å². The molecule has 1 fully saturated rings. The van der Waals surface area contributed by atoms with E-state index in [2.05, 4.69) is 20.6 Å². The fraction of sp³-hybridized carbons (Fsp3) is 0.438. The van der Waals surface area contributed by atoms with Crippen molar-refractivity contribution in [1.82, 2.24) is 15.3 Å². The van der Waals surface area contributed by atoms with Crippen molar-refractivity contribution in [2.24, 2.45) is 5.92 Å². The molecule has 3 N–H and O–H groups in total. The van der Waals surface area contributed by atoms with Gasteiger partial charge in [0, 0.05) is 41.9 Å². The SMILES string of the molecule is O=C(Nc1nc(-c2cccnc2)cs1)N[C@H]1CCCC[C@@H]1CO. The average molecular weight is 332 g/mol. The van der Waals surface area contributed by atoms with Crippen molar-refractivity contribution in [3.63, 3.8) is 0 Å².